The quantitative estimate of drug-likeness (QED) is 0.779. The van der Waals surface area contributed by atoms with Gasteiger partial charge in [0.1, 0.15) is 0 Å². The largest absolute Gasteiger partial charge is 0.366 e. The van der Waals surface area contributed by atoms with Crippen molar-refractivity contribution in [3.05, 3.63) is 64.7 Å². The summed E-state index contributed by atoms with van der Waals surface area (Å²) < 4.78 is 0. The summed E-state index contributed by atoms with van der Waals surface area (Å²) in [5.74, 6) is -1.56. The third-order valence-corrected chi connectivity index (χ3v) is 4.80. The van der Waals surface area contributed by atoms with Gasteiger partial charge < -0.3 is 10.6 Å². The van der Waals surface area contributed by atoms with E-state index in [4.69, 9.17) is 5.73 Å². The number of imide groups is 1. The zero-order valence-corrected chi connectivity index (χ0v) is 15.8. The summed E-state index contributed by atoms with van der Waals surface area (Å²) >= 11 is 0. The minimum atomic E-state index is -0.546. The Morgan fingerprint density at radius 2 is 1.57 bits per heavy atom. The molecule has 0 saturated carbocycles. The van der Waals surface area contributed by atoms with E-state index in [1.54, 1.807) is 25.2 Å². The topological polar surface area (TPSA) is 101 Å². The normalized spacial score (nSPS) is 12.9. The molecular formula is C21H21N3O4. The fraction of sp³-hybridized carbons (Fsp3) is 0.238. The van der Waals surface area contributed by atoms with E-state index in [2.05, 4.69) is 0 Å². The molecule has 1 heterocycles. The molecule has 1 aliphatic rings. The molecule has 3 rings (SSSR count). The van der Waals surface area contributed by atoms with Gasteiger partial charge in [0.2, 0.25) is 5.91 Å². The molecule has 7 nitrogen and oxygen atoms in total. The van der Waals surface area contributed by atoms with Gasteiger partial charge in [-0.1, -0.05) is 13.3 Å². The number of primary amides is 1. The second-order valence-corrected chi connectivity index (χ2v) is 6.65. The van der Waals surface area contributed by atoms with Crippen LogP contribution in [-0.2, 0) is 0 Å². The molecule has 0 fully saturated rings. The lowest BCUT2D eigenvalue weighted by atomic mass is 10.0. The number of hydrogen-bond donors (Lipinski definition) is 1. The van der Waals surface area contributed by atoms with Crippen LogP contribution in [0.25, 0.3) is 0 Å². The Labute approximate surface area is 162 Å². The van der Waals surface area contributed by atoms with Crippen LogP contribution in [0, 0.1) is 0 Å². The molecule has 4 amide bonds. The first-order valence-electron chi connectivity index (χ1n) is 9.03. The van der Waals surface area contributed by atoms with Crippen LogP contribution in [0.15, 0.2) is 42.5 Å². The SMILES string of the molecule is CCCCN1C(=O)c2ccc(C(=O)N(C)c3ccc(C(N)=O)cc3)cc2C1=O. The van der Waals surface area contributed by atoms with Crippen molar-refractivity contribution in [1.29, 1.82) is 0 Å². The molecular weight excluding hydrogens is 358 g/mol. The van der Waals surface area contributed by atoms with Gasteiger partial charge in [0.25, 0.3) is 17.7 Å². The van der Waals surface area contributed by atoms with Crippen molar-refractivity contribution >= 4 is 29.3 Å². The molecule has 0 saturated heterocycles. The molecule has 0 bridgehead atoms. The van der Waals surface area contributed by atoms with Gasteiger partial charge in [-0.05, 0) is 48.9 Å². The Morgan fingerprint density at radius 1 is 0.964 bits per heavy atom. The molecule has 0 atom stereocenters. The van der Waals surface area contributed by atoms with E-state index in [9.17, 15) is 19.2 Å². The number of benzene rings is 2. The lowest BCUT2D eigenvalue weighted by molar-refractivity contribution is 0.0652. The van der Waals surface area contributed by atoms with Crippen LogP contribution in [-0.4, -0.2) is 42.1 Å². The number of hydrogen-bond acceptors (Lipinski definition) is 4. The van der Waals surface area contributed by atoms with Gasteiger partial charge in [-0.25, -0.2) is 0 Å². The summed E-state index contributed by atoms with van der Waals surface area (Å²) in [6, 6.07) is 10.9. The Balaban J connectivity index is 1.84. The molecule has 28 heavy (non-hydrogen) atoms. The summed E-state index contributed by atoms with van der Waals surface area (Å²) in [7, 11) is 1.59. The summed E-state index contributed by atoms with van der Waals surface area (Å²) in [4.78, 5) is 51.6. The minimum absolute atomic E-state index is 0.254. The van der Waals surface area contributed by atoms with Crippen molar-refractivity contribution < 1.29 is 19.2 Å². The number of carbonyl (C=O) groups is 4. The Morgan fingerprint density at radius 3 is 2.18 bits per heavy atom. The second-order valence-electron chi connectivity index (χ2n) is 6.65. The van der Waals surface area contributed by atoms with E-state index in [1.165, 1.54) is 34.1 Å². The molecule has 0 aliphatic carbocycles. The first-order valence-corrected chi connectivity index (χ1v) is 9.03. The van der Waals surface area contributed by atoms with Gasteiger partial charge in [-0.3, -0.25) is 24.1 Å². The van der Waals surface area contributed by atoms with Gasteiger partial charge in [0.15, 0.2) is 0 Å². The fourth-order valence-electron chi connectivity index (χ4n) is 3.10. The van der Waals surface area contributed by atoms with Crippen molar-refractivity contribution in [2.24, 2.45) is 5.73 Å². The summed E-state index contributed by atoms with van der Waals surface area (Å²) in [5.41, 5.74) is 7.03. The summed E-state index contributed by atoms with van der Waals surface area (Å²) in [6.45, 7) is 2.36. The summed E-state index contributed by atoms with van der Waals surface area (Å²) in [6.07, 6.45) is 1.61. The lowest BCUT2D eigenvalue weighted by Gasteiger charge is -2.18. The van der Waals surface area contributed by atoms with Gasteiger partial charge in [-0.2, -0.15) is 0 Å². The van der Waals surface area contributed by atoms with E-state index in [-0.39, 0.29) is 23.3 Å². The number of carbonyl (C=O) groups excluding carboxylic acids is 4. The fourth-order valence-corrected chi connectivity index (χ4v) is 3.10. The molecule has 2 N–H and O–H groups in total. The Bertz CT molecular complexity index is 966. The molecule has 0 radical (unpaired) electrons. The first kappa shape index (κ1) is 19.3. The minimum Gasteiger partial charge on any atom is -0.366 e. The highest BCUT2D eigenvalue weighted by Crippen LogP contribution is 2.25. The van der Waals surface area contributed by atoms with Crippen LogP contribution in [0.5, 0.6) is 0 Å². The third-order valence-electron chi connectivity index (χ3n) is 4.80. The highest BCUT2D eigenvalue weighted by Gasteiger charge is 2.35. The third kappa shape index (κ3) is 3.38. The predicted molar refractivity (Wildman–Crippen MR) is 104 cm³/mol. The van der Waals surface area contributed by atoms with Gasteiger partial charge >= 0.3 is 0 Å². The molecule has 2 aromatic rings. The second kappa shape index (κ2) is 7.64. The van der Waals surface area contributed by atoms with Crippen LogP contribution in [0.3, 0.4) is 0 Å². The Hall–Kier alpha value is -3.48. The zero-order valence-electron chi connectivity index (χ0n) is 15.8. The number of amides is 4. The smallest absolute Gasteiger partial charge is 0.261 e. The van der Waals surface area contributed by atoms with E-state index in [1.807, 2.05) is 6.92 Å². The van der Waals surface area contributed by atoms with Crippen molar-refractivity contribution in [1.82, 2.24) is 4.90 Å². The molecule has 0 unspecified atom stereocenters. The molecule has 2 aromatic carbocycles. The lowest BCUT2D eigenvalue weighted by Crippen LogP contribution is -2.30. The average molecular weight is 379 g/mol. The molecule has 1 aliphatic heterocycles. The van der Waals surface area contributed by atoms with Gasteiger partial charge in [-0.15, -0.1) is 0 Å². The first-order chi connectivity index (χ1) is 13.3. The average Bonchev–Trinajstić information content (AvgIpc) is 2.95. The highest BCUT2D eigenvalue weighted by molar-refractivity contribution is 6.22. The standard InChI is InChI=1S/C21H21N3O4/c1-3-4-11-24-20(27)16-10-7-14(12-17(16)21(24)28)19(26)23(2)15-8-5-13(6-9-15)18(22)25/h5-10,12H,3-4,11H2,1-2H3,(H2,22,25). The molecule has 7 heteroatoms. The number of nitrogens with zero attached hydrogens (tertiary/aromatic N) is 2. The summed E-state index contributed by atoms with van der Waals surface area (Å²) in [5, 5.41) is 0. The monoisotopic (exact) mass is 379 g/mol. The van der Waals surface area contributed by atoms with Gasteiger partial charge in [0, 0.05) is 30.4 Å². The van der Waals surface area contributed by atoms with Crippen molar-refractivity contribution in [2.75, 3.05) is 18.5 Å². The molecule has 0 spiro atoms. The van der Waals surface area contributed by atoms with Crippen molar-refractivity contribution in [3.63, 3.8) is 0 Å². The molecule has 0 aromatic heterocycles. The predicted octanol–water partition coefficient (Wildman–Crippen LogP) is 2.46. The van der Waals surface area contributed by atoms with Crippen LogP contribution in [0.1, 0.15) is 61.2 Å². The van der Waals surface area contributed by atoms with E-state index >= 15 is 0 Å². The van der Waals surface area contributed by atoms with E-state index in [0.717, 1.165) is 12.8 Å². The van der Waals surface area contributed by atoms with Gasteiger partial charge in [0.05, 0.1) is 11.1 Å². The van der Waals surface area contributed by atoms with E-state index < -0.39 is 5.91 Å². The molecule has 144 valence electrons. The number of rotatable bonds is 6. The van der Waals surface area contributed by atoms with E-state index in [0.29, 0.717) is 28.9 Å². The maximum atomic E-state index is 12.8. The zero-order chi connectivity index (χ0) is 20.4. The number of anilines is 1. The Kier molecular flexibility index (Phi) is 5.26. The maximum absolute atomic E-state index is 12.8. The van der Waals surface area contributed by atoms with Crippen molar-refractivity contribution in [3.8, 4) is 0 Å². The van der Waals surface area contributed by atoms with Crippen LogP contribution in [0.4, 0.5) is 5.69 Å². The number of fused-ring (bicyclic) bond motifs is 1. The maximum Gasteiger partial charge on any atom is 0.261 e. The number of nitrogens with two attached hydrogens (primary N) is 1. The highest BCUT2D eigenvalue weighted by atomic mass is 16.2. The number of unbranched alkanes of at least 4 members (excludes halogenated alkanes) is 1. The van der Waals surface area contributed by atoms with Crippen LogP contribution < -0.4 is 10.6 Å². The van der Waals surface area contributed by atoms with Crippen molar-refractivity contribution in [2.45, 2.75) is 19.8 Å². The van der Waals surface area contributed by atoms with Crippen LogP contribution in [0.2, 0.25) is 0 Å². The van der Waals surface area contributed by atoms with Crippen LogP contribution >= 0.6 is 0 Å².